The topological polar surface area (TPSA) is 0 Å². The van der Waals surface area contributed by atoms with Crippen LogP contribution in [0.15, 0.2) is 30.8 Å². The van der Waals surface area contributed by atoms with E-state index in [-0.39, 0.29) is 5.82 Å². The molecule has 0 aliphatic carbocycles. The Balaban J connectivity index is 3.00. The monoisotopic (exact) mass is 248 g/mol. The fourth-order valence-corrected chi connectivity index (χ4v) is 0.990. The van der Waals surface area contributed by atoms with Crippen LogP contribution in [0, 0.1) is 5.82 Å². The van der Waals surface area contributed by atoms with Crippen molar-refractivity contribution in [2.24, 2.45) is 0 Å². The van der Waals surface area contributed by atoms with Crippen molar-refractivity contribution in [1.82, 2.24) is 0 Å². The lowest BCUT2D eigenvalue weighted by Crippen LogP contribution is -1.75. The third kappa shape index (κ3) is 1.80. The zero-order valence-electron chi connectivity index (χ0n) is 5.27. The van der Waals surface area contributed by atoms with Gasteiger partial charge in [0.25, 0.3) is 0 Å². The molecular weight excluding hydrogens is 242 g/mol. The van der Waals surface area contributed by atoms with Crippen molar-refractivity contribution >= 4 is 26.2 Å². The summed E-state index contributed by atoms with van der Waals surface area (Å²) in [6, 6.07) is 6.28. The Labute approximate surface area is 72.9 Å². The van der Waals surface area contributed by atoms with Gasteiger partial charge in [-0.1, -0.05) is 18.7 Å². The molecule has 0 saturated carbocycles. The molecule has 1 rings (SSSR count). The summed E-state index contributed by atoms with van der Waals surface area (Å²) in [6.45, 7) is 3.72. The second-order valence-electron chi connectivity index (χ2n) is 1.91. The Morgan fingerprint density at radius 1 is 1.30 bits per heavy atom. The molecule has 0 atom stereocenters. The molecule has 0 spiro atoms. The normalized spacial score (nSPS) is 9.40. The number of halogens is 2. The Hall–Kier alpha value is -0.380. The zero-order chi connectivity index (χ0) is 7.56. The molecule has 0 aliphatic heterocycles. The van der Waals surface area contributed by atoms with Crippen LogP contribution in [0.2, 0.25) is 0 Å². The number of benzene rings is 1. The highest BCUT2D eigenvalue weighted by Crippen LogP contribution is 2.18. The molecule has 0 N–H and O–H groups in total. The maximum Gasteiger partial charge on any atom is 0.123 e. The number of rotatable bonds is 1. The minimum absolute atomic E-state index is 0.207. The summed E-state index contributed by atoms with van der Waals surface area (Å²) in [5, 5.41) is 0. The molecule has 0 heterocycles. The molecule has 0 aromatic heterocycles. The first kappa shape index (κ1) is 7.72. The van der Waals surface area contributed by atoms with Gasteiger partial charge < -0.3 is 0 Å². The quantitative estimate of drug-likeness (QED) is 0.669. The van der Waals surface area contributed by atoms with Crippen molar-refractivity contribution in [2.75, 3.05) is 0 Å². The minimum atomic E-state index is -0.207. The fourth-order valence-electron chi connectivity index (χ4n) is 0.631. The van der Waals surface area contributed by atoms with Crippen LogP contribution in [0.25, 0.3) is 3.58 Å². The van der Waals surface area contributed by atoms with Gasteiger partial charge in [0, 0.05) is 3.58 Å². The first-order chi connectivity index (χ1) is 4.70. The summed E-state index contributed by atoms with van der Waals surface area (Å²) < 4.78 is 13.2. The summed E-state index contributed by atoms with van der Waals surface area (Å²) in [4.78, 5) is 0. The Bertz CT molecular complexity index is 238. The standard InChI is InChI=1S/C8H6FI/c1-6(10)7-2-4-8(9)5-3-7/h2-5H,1H2. The summed E-state index contributed by atoms with van der Waals surface area (Å²) in [5.74, 6) is -0.207. The van der Waals surface area contributed by atoms with E-state index < -0.39 is 0 Å². The summed E-state index contributed by atoms with van der Waals surface area (Å²) in [7, 11) is 0. The molecule has 0 radical (unpaired) electrons. The smallest absolute Gasteiger partial charge is 0.123 e. The van der Waals surface area contributed by atoms with Crippen LogP contribution in [0.5, 0.6) is 0 Å². The van der Waals surface area contributed by atoms with Gasteiger partial charge in [0.05, 0.1) is 0 Å². The zero-order valence-corrected chi connectivity index (χ0v) is 7.43. The second-order valence-corrected chi connectivity index (χ2v) is 3.21. The lowest BCUT2D eigenvalue weighted by molar-refractivity contribution is 0.628. The van der Waals surface area contributed by atoms with Gasteiger partial charge in [0.1, 0.15) is 5.82 Å². The Morgan fingerprint density at radius 3 is 2.20 bits per heavy atom. The van der Waals surface area contributed by atoms with E-state index in [1.54, 1.807) is 12.1 Å². The lowest BCUT2D eigenvalue weighted by Gasteiger charge is -1.94. The predicted octanol–water partition coefficient (Wildman–Crippen LogP) is 3.23. The van der Waals surface area contributed by atoms with E-state index in [1.807, 2.05) is 0 Å². The van der Waals surface area contributed by atoms with Gasteiger partial charge in [-0.15, -0.1) is 0 Å². The van der Waals surface area contributed by atoms with E-state index in [0.717, 1.165) is 9.14 Å². The van der Waals surface area contributed by atoms with E-state index in [4.69, 9.17) is 0 Å². The average molecular weight is 248 g/mol. The molecule has 0 aliphatic rings. The van der Waals surface area contributed by atoms with Crippen molar-refractivity contribution in [3.05, 3.63) is 42.2 Å². The van der Waals surface area contributed by atoms with Crippen LogP contribution in [0.1, 0.15) is 5.56 Å². The average Bonchev–Trinajstić information content (AvgIpc) is 1.88. The van der Waals surface area contributed by atoms with Crippen molar-refractivity contribution in [3.63, 3.8) is 0 Å². The van der Waals surface area contributed by atoms with E-state index >= 15 is 0 Å². The van der Waals surface area contributed by atoms with Gasteiger partial charge in [-0.25, -0.2) is 4.39 Å². The molecule has 0 nitrogen and oxygen atoms in total. The van der Waals surface area contributed by atoms with Gasteiger partial charge in [-0.05, 0) is 40.3 Å². The Morgan fingerprint density at radius 2 is 1.80 bits per heavy atom. The van der Waals surface area contributed by atoms with Gasteiger partial charge in [0.15, 0.2) is 0 Å². The molecule has 0 unspecified atom stereocenters. The molecule has 0 bridgehead atoms. The minimum Gasteiger partial charge on any atom is -0.207 e. The molecule has 0 amide bonds. The number of hydrogen-bond donors (Lipinski definition) is 0. The first-order valence-electron chi connectivity index (χ1n) is 2.80. The van der Waals surface area contributed by atoms with Crippen molar-refractivity contribution in [1.29, 1.82) is 0 Å². The molecule has 1 aromatic carbocycles. The van der Waals surface area contributed by atoms with Gasteiger partial charge >= 0.3 is 0 Å². The highest BCUT2D eigenvalue weighted by atomic mass is 127. The maximum absolute atomic E-state index is 12.3. The highest BCUT2D eigenvalue weighted by Gasteiger charge is 1.92. The van der Waals surface area contributed by atoms with Crippen LogP contribution in [-0.2, 0) is 0 Å². The van der Waals surface area contributed by atoms with Crippen molar-refractivity contribution in [3.8, 4) is 0 Å². The molecule has 0 saturated heterocycles. The second kappa shape index (κ2) is 3.14. The van der Waals surface area contributed by atoms with Crippen LogP contribution >= 0.6 is 22.6 Å². The van der Waals surface area contributed by atoms with Crippen LogP contribution in [0.4, 0.5) is 4.39 Å². The van der Waals surface area contributed by atoms with Crippen molar-refractivity contribution in [2.45, 2.75) is 0 Å². The van der Waals surface area contributed by atoms with Gasteiger partial charge in [0.2, 0.25) is 0 Å². The van der Waals surface area contributed by atoms with Gasteiger partial charge in [-0.2, -0.15) is 0 Å². The molecule has 1 aromatic rings. The molecule has 0 fully saturated rings. The lowest BCUT2D eigenvalue weighted by atomic mass is 10.2. The fraction of sp³-hybridized carbons (Fsp3) is 0. The number of hydrogen-bond acceptors (Lipinski definition) is 0. The Kier molecular flexibility index (Phi) is 2.43. The molecule has 10 heavy (non-hydrogen) atoms. The maximum atomic E-state index is 12.3. The SMILES string of the molecule is C=C(I)c1ccc(F)cc1. The van der Waals surface area contributed by atoms with E-state index in [9.17, 15) is 4.39 Å². The van der Waals surface area contributed by atoms with Crippen molar-refractivity contribution < 1.29 is 4.39 Å². The van der Waals surface area contributed by atoms with Crippen LogP contribution in [-0.4, -0.2) is 0 Å². The van der Waals surface area contributed by atoms with Gasteiger partial charge in [-0.3, -0.25) is 0 Å². The largest absolute Gasteiger partial charge is 0.207 e. The van der Waals surface area contributed by atoms with E-state index in [0.29, 0.717) is 0 Å². The van der Waals surface area contributed by atoms with Crippen LogP contribution in [0.3, 0.4) is 0 Å². The predicted molar refractivity (Wildman–Crippen MR) is 49.5 cm³/mol. The van der Waals surface area contributed by atoms with Crippen LogP contribution < -0.4 is 0 Å². The first-order valence-corrected chi connectivity index (χ1v) is 3.88. The van der Waals surface area contributed by atoms with E-state index in [2.05, 4.69) is 29.2 Å². The third-order valence-corrected chi connectivity index (χ3v) is 1.78. The summed E-state index contributed by atoms with van der Waals surface area (Å²) >= 11 is 2.10. The van der Waals surface area contributed by atoms with E-state index in [1.165, 1.54) is 12.1 Å². The molecule has 52 valence electrons. The summed E-state index contributed by atoms with van der Waals surface area (Å²) in [6.07, 6.45) is 0. The highest BCUT2D eigenvalue weighted by molar-refractivity contribution is 14.1. The third-order valence-electron chi connectivity index (χ3n) is 1.16. The molecule has 2 heteroatoms. The molecular formula is C8H6FI. The summed E-state index contributed by atoms with van der Waals surface area (Å²) in [5.41, 5.74) is 0.974.